The zero-order valence-electron chi connectivity index (χ0n) is 20.5. The molecule has 1 aliphatic rings. The molecule has 3 rings (SSSR count). The van der Waals surface area contributed by atoms with Gasteiger partial charge < -0.3 is 30.3 Å². The highest BCUT2D eigenvalue weighted by molar-refractivity contribution is 5.97. The van der Waals surface area contributed by atoms with Crippen molar-refractivity contribution in [3.05, 3.63) is 59.7 Å². The Kier molecular flexibility index (Phi) is 9.48. The highest BCUT2D eigenvalue weighted by atomic mass is 16.5. The SMILES string of the molecule is COCCNC(=O)[C@@H](NC(=O)c1ccc(OC)cc1)C1CCN(C(=O)Nc2ccc(C)cc2)CC1. The summed E-state index contributed by atoms with van der Waals surface area (Å²) >= 11 is 0. The number of methoxy groups -OCH3 is 2. The van der Waals surface area contributed by atoms with Crippen LogP contribution in [0.3, 0.4) is 0 Å². The summed E-state index contributed by atoms with van der Waals surface area (Å²) in [7, 11) is 3.12. The Balaban J connectivity index is 1.62. The molecule has 1 fully saturated rings. The number of benzene rings is 2. The average molecular weight is 483 g/mol. The van der Waals surface area contributed by atoms with Crippen molar-refractivity contribution >= 4 is 23.5 Å². The Morgan fingerprint density at radius 3 is 2.26 bits per heavy atom. The van der Waals surface area contributed by atoms with Crippen molar-refractivity contribution in [2.75, 3.05) is 45.8 Å². The molecule has 0 aliphatic carbocycles. The summed E-state index contributed by atoms with van der Waals surface area (Å²) in [5.41, 5.74) is 2.30. The number of nitrogens with one attached hydrogen (secondary N) is 3. The molecule has 0 saturated carbocycles. The smallest absolute Gasteiger partial charge is 0.321 e. The van der Waals surface area contributed by atoms with Gasteiger partial charge in [0.25, 0.3) is 5.91 Å². The van der Waals surface area contributed by atoms with Crippen LogP contribution in [0.5, 0.6) is 5.75 Å². The van der Waals surface area contributed by atoms with E-state index in [1.54, 1.807) is 43.4 Å². The van der Waals surface area contributed by atoms with Gasteiger partial charge in [-0.1, -0.05) is 17.7 Å². The first-order valence-electron chi connectivity index (χ1n) is 11.8. The topological polar surface area (TPSA) is 109 Å². The van der Waals surface area contributed by atoms with E-state index in [4.69, 9.17) is 9.47 Å². The van der Waals surface area contributed by atoms with Crippen LogP contribution in [0, 0.1) is 12.8 Å². The van der Waals surface area contributed by atoms with E-state index < -0.39 is 6.04 Å². The Morgan fingerprint density at radius 1 is 1.00 bits per heavy atom. The van der Waals surface area contributed by atoms with Crippen molar-refractivity contribution in [2.24, 2.45) is 5.92 Å². The third-order valence-corrected chi connectivity index (χ3v) is 6.13. The lowest BCUT2D eigenvalue weighted by atomic mass is 9.88. The first kappa shape index (κ1) is 26.0. The van der Waals surface area contributed by atoms with Crippen molar-refractivity contribution in [1.82, 2.24) is 15.5 Å². The van der Waals surface area contributed by atoms with E-state index in [1.165, 1.54) is 0 Å². The highest BCUT2D eigenvalue weighted by Crippen LogP contribution is 2.23. The van der Waals surface area contributed by atoms with Crippen molar-refractivity contribution in [3.63, 3.8) is 0 Å². The fraction of sp³-hybridized carbons (Fsp3) is 0.423. The first-order valence-corrected chi connectivity index (χ1v) is 11.8. The molecule has 4 amide bonds. The molecular formula is C26H34N4O5. The van der Waals surface area contributed by atoms with Crippen LogP contribution in [-0.4, -0.2) is 69.2 Å². The standard InChI is InChI=1S/C26H34N4O5/c1-18-4-8-21(9-5-18)28-26(33)30-15-12-19(13-16-30)23(25(32)27-14-17-34-2)29-24(31)20-6-10-22(35-3)11-7-20/h4-11,19,23H,12-17H2,1-3H3,(H,27,32)(H,28,33)(H,29,31)/t23-/m0/s1. The number of ether oxygens (including phenoxy) is 2. The summed E-state index contributed by atoms with van der Waals surface area (Å²) in [6.07, 6.45) is 1.18. The van der Waals surface area contributed by atoms with Crippen LogP contribution in [0.1, 0.15) is 28.8 Å². The van der Waals surface area contributed by atoms with Gasteiger partial charge >= 0.3 is 6.03 Å². The van der Waals surface area contributed by atoms with Gasteiger partial charge in [0, 0.05) is 38.0 Å². The second-order valence-corrected chi connectivity index (χ2v) is 8.58. The second-order valence-electron chi connectivity index (χ2n) is 8.58. The number of hydrogen-bond donors (Lipinski definition) is 3. The third kappa shape index (κ3) is 7.45. The summed E-state index contributed by atoms with van der Waals surface area (Å²) in [6.45, 7) is 3.70. The van der Waals surface area contributed by atoms with Crippen LogP contribution in [0.4, 0.5) is 10.5 Å². The lowest BCUT2D eigenvalue weighted by Gasteiger charge is -2.35. The predicted octanol–water partition coefficient (Wildman–Crippen LogP) is 2.81. The zero-order chi connectivity index (χ0) is 25.2. The fourth-order valence-electron chi connectivity index (χ4n) is 4.03. The minimum Gasteiger partial charge on any atom is -0.497 e. The Hall–Kier alpha value is -3.59. The predicted molar refractivity (Wildman–Crippen MR) is 134 cm³/mol. The number of carbonyl (C=O) groups excluding carboxylic acids is 3. The van der Waals surface area contributed by atoms with Gasteiger partial charge in [-0.25, -0.2) is 4.79 Å². The zero-order valence-corrected chi connectivity index (χ0v) is 20.5. The molecule has 2 aromatic carbocycles. The average Bonchev–Trinajstić information content (AvgIpc) is 2.88. The molecule has 2 aromatic rings. The first-order chi connectivity index (χ1) is 16.9. The molecule has 0 aromatic heterocycles. The normalized spacial score (nSPS) is 14.7. The Morgan fingerprint density at radius 2 is 1.66 bits per heavy atom. The van der Waals surface area contributed by atoms with E-state index in [0.29, 0.717) is 50.4 Å². The lowest BCUT2D eigenvalue weighted by molar-refractivity contribution is -0.124. The number of piperidine rings is 1. The third-order valence-electron chi connectivity index (χ3n) is 6.13. The van der Waals surface area contributed by atoms with Crippen LogP contribution < -0.4 is 20.7 Å². The highest BCUT2D eigenvalue weighted by Gasteiger charge is 2.34. The van der Waals surface area contributed by atoms with E-state index in [-0.39, 0.29) is 23.8 Å². The number of hydrogen-bond acceptors (Lipinski definition) is 5. The van der Waals surface area contributed by atoms with Crippen molar-refractivity contribution in [2.45, 2.75) is 25.8 Å². The number of aryl methyl sites for hydroxylation is 1. The summed E-state index contributed by atoms with van der Waals surface area (Å²) < 4.78 is 10.2. The molecule has 3 N–H and O–H groups in total. The molecule has 1 heterocycles. The summed E-state index contributed by atoms with van der Waals surface area (Å²) in [5.74, 6) is -0.0552. The summed E-state index contributed by atoms with van der Waals surface area (Å²) in [4.78, 5) is 40.3. The molecule has 0 spiro atoms. The summed E-state index contributed by atoms with van der Waals surface area (Å²) in [6, 6.07) is 13.5. The van der Waals surface area contributed by atoms with Crippen molar-refractivity contribution < 1.29 is 23.9 Å². The number of urea groups is 1. The van der Waals surface area contributed by atoms with Gasteiger partial charge in [0.15, 0.2) is 0 Å². The lowest BCUT2D eigenvalue weighted by Crippen LogP contribution is -2.54. The number of anilines is 1. The summed E-state index contributed by atoms with van der Waals surface area (Å²) in [5, 5.41) is 8.66. The van der Waals surface area contributed by atoms with Gasteiger partial charge in [-0.05, 0) is 62.1 Å². The second kappa shape index (κ2) is 12.8. The molecular weight excluding hydrogens is 448 g/mol. The molecule has 0 radical (unpaired) electrons. The van der Waals surface area contributed by atoms with Crippen LogP contribution in [0.25, 0.3) is 0 Å². The monoisotopic (exact) mass is 482 g/mol. The van der Waals surface area contributed by atoms with Crippen LogP contribution in [0.15, 0.2) is 48.5 Å². The molecule has 0 bridgehead atoms. The minimum atomic E-state index is -0.719. The molecule has 1 saturated heterocycles. The number of amides is 4. The minimum absolute atomic E-state index is 0.108. The maximum absolute atomic E-state index is 13.0. The number of carbonyl (C=O) groups is 3. The fourth-order valence-corrected chi connectivity index (χ4v) is 4.03. The number of likely N-dealkylation sites (tertiary alicyclic amines) is 1. The van der Waals surface area contributed by atoms with Gasteiger partial charge in [0.2, 0.25) is 5.91 Å². The van der Waals surface area contributed by atoms with E-state index in [0.717, 1.165) is 11.3 Å². The number of nitrogens with zero attached hydrogens (tertiary/aromatic N) is 1. The quantitative estimate of drug-likeness (QED) is 0.476. The van der Waals surface area contributed by atoms with E-state index in [1.807, 2.05) is 31.2 Å². The van der Waals surface area contributed by atoms with Gasteiger partial charge in [0.1, 0.15) is 11.8 Å². The van der Waals surface area contributed by atoms with Crippen molar-refractivity contribution in [3.8, 4) is 5.75 Å². The van der Waals surface area contributed by atoms with E-state index >= 15 is 0 Å². The molecule has 9 nitrogen and oxygen atoms in total. The maximum atomic E-state index is 13.0. The molecule has 35 heavy (non-hydrogen) atoms. The molecule has 9 heteroatoms. The van der Waals surface area contributed by atoms with Gasteiger partial charge in [-0.3, -0.25) is 9.59 Å². The van der Waals surface area contributed by atoms with E-state index in [9.17, 15) is 14.4 Å². The van der Waals surface area contributed by atoms with Crippen LogP contribution >= 0.6 is 0 Å². The Bertz CT molecular complexity index is 986. The molecule has 1 aliphatic heterocycles. The molecule has 0 unspecified atom stereocenters. The van der Waals surface area contributed by atoms with E-state index in [2.05, 4.69) is 16.0 Å². The van der Waals surface area contributed by atoms with Gasteiger partial charge in [-0.15, -0.1) is 0 Å². The largest absolute Gasteiger partial charge is 0.497 e. The molecule has 188 valence electrons. The van der Waals surface area contributed by atoms with Crippen molar-refractivity contribution in [1.29, 1.82) is 0 Å². The van der Waals surface area contributed by atoms with Gasteiger partial charge in [-0.2, -0.15) is 0 Å². The number of rotatable bonds is 9. The van der Waals surface area contributed by atoms with Crippen LogP contribution in [-0.2, 0) is 9.53 Å². The van der Waals surface area contributed by atoms with Crippen LogP contribution in [0.2, 0.25) is 0 Å². The molecule has 1 atom stereocenters. The maximum Gasteiger partial charge on any atom is 0.321 e. The van der Waals surface area contributed by atoms with Gasteiger partial charge in [0.05, 0.1) is 13.7 Å². The Labute approximate surface area is 206 Å².